The Morgan fingerprint density at radius 1 is 1.56 bits per heavy atom. The van der Waals surface area contributed by atoms with E-state index in [2.05, 4.69) is 15.4 Å². The minimum absolute atomic E-state index is 0.0223. The first-order chi connectivity index (χ1) is 8.56. The van der Waals surface area contributed by atoms with Gasteiger partial charge in [0.05, 0.1) is 7.05 Å². The molecular weight excluding hydrogens is 260 g/mol. The third kappa shape index (κ3) is 2.75. The molecule has 1 aromatic heterocycles. The third-order valence-corrected chi connectivity index (χ3v) is 2.32. The van der Waals surface area contributed by atoms with Crippen molar-refractivity contribution < 1.29 is 14.6 Å². The number of nitrogens with zero attached hydrogens (tertiary/aromatic N) is 4. The summed E-state index contributed by atoms with van der Waals surface area (Å²) >= 11 is 5.79. The van der Waals surface area contributed by atoms with Crippen LogP contribution in [0.1, 0.15) is 16.2 Å². The van der Waals surface area contributed by atoms with E-state index in [9.17, 15) is 4.79 Å². The predicted octanol–water partition coefficient (Wildman–Crippen LogP) is 1.14. The van der Waals surface area contributed by atoms with E-state index >= 15 is 0 Å². The summed E-state index contributed by atoms with van der Waals surface area (Å²) in [5, 5.41) is 20.7. The fraction of sp³-hybridized carbons (Fsp3) is 0.200. The van der Waals surface area contributed by atoms with E-state index < -0.39 is 5.97 Å². The normalized spacial score (nSPS) is 10.3. The molecule has 0 aliphatic carbocycles. The maximum atomic E-state index is 11.0. The minimum Gasteiger partial charge on any atom is -0.484 e. The van der Waals surface area contributed by atoms with Crippen LogP contribution in [0.25, 0.3) is 0 Å². The molecular formula is C10H9ClN4O3. The van der Waals surface area contributed by atoms with Crippen LogP contribution >= 0.6 is 11.6 Å². The molecule has 0 radical (unpaired) electrons. The zero-order valence-corrected chi connectivity index (χ0v) is 10.1. The molecule has 8 heteroatoms. The molecule has 1 aromatic carbocycles. The number of carbonyl (C=O) groups is 1. The van der Waals surface area contributed by atoms with Crippen LogP contribution in [-0.2, 0) is 13.7 Å². The number of halogens is 1. The summed E-state index contributed by atoms with van der Waals surface area (Å²) < 4.78 is 5.34. The lowest BCUT2D eigenvalue weighted by Crippen LogP contribution is -2.04. The van der Waals surface area contributed by atoms with Gasteiger partial charge in [0.25, 0.3) is 0 Å². The van der Waals surface area contributed by atoms with Gasteiger partial charge in [-0.25, -0.2) is 4.79 Å². The van der Waals surface area contributed by atoms with Crippen molar-refractivity contribution in [2.75, 3.05) is 0 Å². The van der Waals surface area contributed by atoms with Gasteiger partial charge in [0.1, 0.15) is 11.3 Å². The molecule has 0 atom stereocenters. The van der Waals surface area contributed by atoms with Crippen molar-refractivity contribution in [2.45, 2.75) is 6.61 Å². The van der Waals surface area contributed by atoms with Crippen LogP contribution in [0.3, 0.4) is 0 Å². The van der Waals surface area contributed by atoms with Crippen LogP contribution < -0.4 is 4.74 Å². The summed E-state index contributed by atoms with van der Waals surface area (Å²) in [5.41, 5.74) is 0.0308. The number of carboxylic acid groups (broad SMARTS) is 1. The molecule has 2 rings (SSSR count). The lowest BCUT2D eigenvalue weighted by Gasteiger charge is -2.07. The van der Waals surface area contributed by atoms with Crippen LogP contribution in [-0.4, -0.2) is 31.3 Å². The molecule has 18 heavy (non-hydrogen) atoms. The zero-order valence-electron chi connectivity index (χ0n) is 9.37. The summed E-state index contributed by atoms with van der Waals surface area (Å²) in [4.78, 5) is 12.3. The van der Waals surface area contributed by atoms with Crippen molar-refractivity contribution in [3.8, 4) is 5.75 Å². The SMILES string of the molecule is Cn1nnc(COc2cc(Cl)ccc2C(=O)O)n1. The summed E-state index contributed by atoms with van der Waals surface area (Å²) in [6.07, 6.45) is 0. The maximum absolute atomic E-state index is 11.0. The molecule has 0 bridgehead atoms. The van der Waals surface area contributed by atoms with Gasteiger partial charge in [-0.2, -0.15) is 4.80 Å². The first kappa shape index (κ1) is 12.3. The number of aryl methyl sites for hydroxylation is 1. The smallest absolute Gasteiger partial charge is 0.339 e. The molecule has 0 saturated carbocycles. The number of benzene rings is 1. The Morgan fingerprint density at radius 2 is 2.33 bits per heavy atom. The highest BCUT2D eigenvalue weighted by Gasteiger charge is 2.12. The number of hydrogen-bond acceptors (Lipinski definition) is 5. The second kappa shape index (κ2) is 5.01. The quantitative estimate of drug-likeness (QED) is 0.894. The van der Waals surface area contributed by atoms with Gasteiger partial charge in [0, 0.05) is 5.02 Å². The number of ether oxygens (including phenoxy) is 1. The monoisotopic (exact) mass is 268 g/mol. The standard InChI is InChI=1S/C10H9ClN4O3/c1-15-13-9(12-14-15)5-18-8-4-6(11)2-3-7(8)10(16)17/h2-4H,5H2,1H3,(H,16,17). The minimum atomic E-state index is -1.09. The summed E-state index contributed by atoms with van der Waals surface area (Å²) in [7, 11) is 1.62. The Balaban J connectivity index is 2.17. The number of carboxylic acids is 1. The lowest BCUT2D eigenvalue weighted by atomic mass is 10.2. The predicted molar refractivity (Wildman–Crippen MR) is 61.5 cm³/mol. The number of tetrazole rings is 1. The van der Waals surface area contributed by atoms with E-state index in [1.165, 1.54) is 23.0 Å². The molecule has 1 N–H and O–H groups in total. The van der Waals surface area contributed by atoms with Crippen LogP contribution in [0.5, 0.6) is 5.75 Å². The first-order valence-corrected chi connectivity index (χ1v) is 5.32. The molecule has 0 spiro atoms. The maximum Gasteiger partial charge on any atom is 0.339 e. The highest BCUT2D eigenvalue weighted by Crippen LogP contribution is 2.24. The highest BCUT2D eigenvalue weighted by atomic mass is 35.5. The third-order valence-electron chi connectivity index (χ3n) is 2.08. The van der Waals surface area contributed by atoms with Gasteiger partial charge in [-0.3, -0.25) is 0 Å². The fourth-order valence-corrected chi connectivity index (χ4v) is 1.48. The lowest BCUT2D eigenvalue weighted by molar-refractivity contribution is 0.0691. The average molecular weight is 269 g/mol. The summed E-state index contributed by atoms with van der Waals surface area (Å²) in [6, 6.07) is 4.30. The van der Waals surface area contributed by atoms with E-state index in [-0.39, 0.29) is 17.9 Å². The Hall–Kier alpha value is -2.15. The largest absolute Gasteiger partial charge is 0.484 e. The van der Waals surface area contributed by atoms with E-state index in [1.807, 2.05) is 0 Å². The van der Waals surface area contributed by atoms with Crippen molar-refractivity contribution in [1.82, 2.24) is 20.2 Å². The van der Waals surface area contributed by atoms with Crippen LogP contribution in [0.15, 0.2) is 18.2 Å². The van der Waals surface area contributed by atoms with Gasteiger partial charge in [0.15, 0.2) is 6.61 Å². The fourth-order valence-electron chi connectivity index (χ4n) is 1.32. The number of hydrogen-bond donors (Lipinski definition) is 1. The Labute approximate surface area is 107 Å². The highest BCUT2D eigenvalue weighted by molar-refractivity contribution is 6.30. The Bertz CT molecular complexity index is 584. The Kier molecular flexibility index (Phi) is 3.42. The van der Waals surface area contributed by atoms with E-state index in [1.54, 1.807) is 7.05 Å². The van der Waals surface area contributed by atoms with E-state index in [0.29, 0.717) is 10.8 Å². The molecule has 0 saturated heterocycles. The summed E-state index contributed by atoms with van der Waals surface area (Å²) in [6.45, 7) is 0.0223. The number of rotatable bonds is 4. The molecule has 2 aromatic rings. The van der Waals surface area contributed by atoms with Crippen LogP contribution in [0, 0.1) is 0 Å². The van der Waals surface area contributed by atoms with Gasteiger partial charge in [-0.05, 0) is 23.4 Å². The first-order valence-electron chi connectivity index (χ1n) is 4.95. The molecule has 7 nitrogen and oxygen atoms in total. The van der Waals surface area contributed by atoms with E-state index in [4.69, 9.17) is 21.4 Å². The van der Waals surface area contributed by atoms with Crippen molar-refractivity contribution in [1.29, 1.82) is 0 Å². The number of aromatic nitrogens is 4. The van der Waals surface area contributed by atoms with Crippen molar-refractivity contribution in [2.24, 2.45) is 7.05 Å². The zero-order chi connectivity index (χ0) is 13.1. The second-order valence-electron chi connectivity index (χ2n) is 3.43. The van der Waals surface area contributed by atoms with Gasteiger partial charge in [0.2, 0.25) is 5.82 Å². The molecule has 0 amide bonds. The van der Waals surface area contributed by atoms with Gasteiger partial charge in [-0.15, -0.1) is 10.2 Å². The topological polar surface area (TPSA) is 90.1 Å². The van der Waals surface area contributed by atoms with Crippen LogP contribution in [0.2, 0.25) is 5.02 Å². The van der Waals surface area contributed by atoms with E-state index in [0.717, 1.165) is 0 Å². The molecule has 0 fully saturated rings. The number of aromatic carboxylic acids is 1. The van der Waals surface area contributed by atoms with Crippen LogP contribution in [0.4, 0.5) is 0 Å². The average Bonchev–Trinajstić information content (AvgIpc) is 2.72. The van der Waals surface area contributed by atoms with Crippen molar-refractivity contribution in [3.63, 3.8) is 0 Å². The van der Waals surface area contributed by atoms with Gasteiger partial charge in [-0.1, -0.05) is 11.6 Å². The summed E-state index contributed by atoms with van der Waals surface area (Å²) in [5.74, 6) is -0.565. The second-order valence-corrected chi connectivity index (χ2v) is 3.87. The van der Waals surface area contributed by atoms with Crippen molar-refractivity contribution in [3.05, 3.63) is 34.6 Å². The molecule has 0 aliphatic rings. The molecule has 0 aliphatic heterocycles. The van der Waals surface area contributed by atoms with Gasteiger partial charge < -0.3 is 9.84 Å². The van der Waals surface area contributed by atoms with Crippen molar-refractivity contribution >= 4 is 17.6 Å². The van der Waals surface area contributed by atoms with Gasteiger partial charge >= 0.3 is 5.97 Å². The molecule has 1 heterocycles. The Morgan fingerprint density at radius 3 is 2.94 bits per heavy atom. The molecule has 94 valence electrons. The molecule has 0 unspecified atom stereocenters.